The van der Waals surface area contributed by atoms with E-state index in [1.165, 1.54) is 11.8 Å². The van der Waals surface area contributed by atoms with Crippen LogP contribution in [0.1, 0.15) is 31.3 Å². The van der Waals surface area contributed by atoms with E-state index in [0.717, 1.165) is 16.5 Å². The van der Waals surface area contributed by atoms with Gasteiger partial charge in [0.15, 0.2) is 5.16 Å². The van der Waals surface area contributed by atoms with Crippen molar-refractivity contribution in [2.75, 3.05) is 5.75 Å². The van der Waals surface area contributed by atoms with Crippen molar-refractivity contribution in [3.05, 3.63) is 41.7 Å². The van der Waals surface area contributed by atoms with Crippen molar-refractivity contribution in [3.8, 4) is 0 Å². The number of aromatic nitrogens is 3. The molecule has 1 aromatic heterocycles. The van der Waals surface area contributed by atoms with E-state index in [4.69, 9.17) is 0 Å². The SMILES string of the molecule is Cc1nnc(SCC(=O)NCc2ccccc2)n1C(C)C. The van der Waals surface area contributed by atoms with E-state index >= 15 is 0 Å². The summed E-state index contributed by atoms with van der Waals surface area (Å²) >= 11 is 1.42. The summed E-state index contributed by atoms with van der Waals surface area (Å²) in [4.78, 5) is 11.9. The summed E-state index contributed by atoms with van der Waals surface area (Å²) in [6.45, 7) is 6.63. The van der Waals surface area contributed by atoms with Crippen LogP contribution in [-0.2, 0) is 11.3 Å². The van der Waals surface area contributed by atoms with Gasteiger partial charge in [0.2, 0.25) is 5.91 Å². The van der Waals surface area contributed by atoms with E-state index in [1.807, 2.05) is 41.8 Å². The highest BCUT2D eigenvalue weighted by atomic mass is 32.2. The molecule has 0 aliphatic carbocycles. The number of rotatable bonds is 6. The van der Waals surface area contributed by atoms with Crippen LogP contribution in [0.5, 0.6) is 0 Å². The van der Waals surface area contributed by atoms with Crippen LogP contribution in [0.25, 0.3) is 0 Å². The third-order valence-electron chi connectivity index (χ3n) is 3.02. The Morgan fingerprint density at radius 1 is 1.29 bits per heavy atom. The van der Waals surface area contributed by atoms with Gasteiger partial charge < -0.3 is 9.88 Å². The Balaban J connectivity index is 1.84. The van der Waals surface area contributed by atoms with E-state index in [1.54, 1.807) is 0 Å². The number of thioether (sulfide) groups is 1. The largest absolute Gasteiger partial charge is 0.351 e. The van der Waals surface area contributed by atoms with Gasteiger partial charge in [-0.2, -0.15) is 0 Å². The zero-order chi connectivity index (χ0) is 15.2. The minimum absolute atomic E-state index is 0.000174. The van der Waals surface area contributed by atoms with Crippen molar-refractivity contribution in [2.24, 2.45) is 0 Å². The number of carbonyl (C=O) groups is 1. The molecule has 2 aromatic rings. The van der Waals surface area contributed by atoms with Crippen LogP contribution >= 0.6 is 11.8 Å². The predicted molar refractivity (Wildman–Crippen MR) is 84.2 cm³/mol. The van der Waals surface area contributed by atoms with Crippen LogP contribution in [-0.4, -0.2) is 26.4 Å². The lowest BCUT2D eigenvalue weighted by molar-refractivity contribution is -0.118. The second-order valence-electron chi connectivity index (χ2n) is 5.04. The lowest BCUT2D eigenvalue weighted by Crippen LogP contribution is -2.24. The summed E-state index contributed by atoms with van der Waals surface area (Å²) in [5.41, 5.74) is 1.09. The standard InChI is InChI=1S/C15H20N4OS/c1-11(2)19-12(3)17-18-15(19)21-10-14(20)16-9-13-7-5-4-6-8-13/h4-8,11H,9-10H2,1-3H3,(H,16,20). The van der Waals surface area contributed by atoms with E-state index < -0.39 is 0 Å². The maximum atomic E-state index is 11.9. The van der Waals surface area contributed by atoms with Crippen molar-refractivity contribution in [3.63, 3.8) is 0 Å². The first kappa shape index (κ1) is 15.6. The van der Waals surface area contributed by atoms with E-state index in [-0.39, 0.29) is 11.9 Å². The third kappa shape index (κ3) is 4.32. The van der Waals surface area contributed by atoms with Gasteiger partial charge >= 0.3 is 0 Å². The highest BCUT2D eigenvalue weighted by Gasteiger charge is 2.13. The second-order valence-corrected chi connectivity index (χ2v) is 5.99. The van der Waals surface area contributed by atoms with Gasteiger partial charge in [0.25, 0.3) is 0 Å². The van der Waals surface area contributed by atoms with Crippen LogP contribution in [0.15, 0.2) is 35.5 Å². The number of hydrogen-bond donors (Lipinski definition) is 1. The van der Waals surface area contributed by atoms with Gasteiger partial charge in [-0.05, 0) is 26.3 Å². The van der Waals surface area contributed by atoms with Gasteiger partial charge in [-0.3, -0.25) is 4.79 Å². The minimum Gasteiger partial charge on any atom is -0.351 e. The fourth-order valence-corrected chi connectivity index (χ4v) is 2.96. The smallest absolute Gasteiger partial charge is 0.230 e. The molecule has 5 nitrogen and oxygen atoms in total. The highest BCUT2D eigenvalue weighted by Crippen LogP contribution is 2.20. The highest BCUT2D eigenvalue weighted by molar-refractivity contribution is 7.99. The Bertz CT molecular complexity index is 595. The van der Waals surface area contributed by atoms with Gasteiger partial charge in [-0.1, -0.05) is 42.1 Å². The molecule has 6 heteroatoms. The average molecular weight is 304 g/mol. The topological polar surface area (TPSA) is 59.8 Å². The van der Waals surface area contributed by atoms with Crippen LogP contribution in [0.2, 0.25) is 0 Å². The average Bonchev–Trinajstić information content (AvgIpc) is 2.85. The number of benzene rings is 1. The molecule has 1 aromatic carbocycles. The predicted octanol–water partition coefficient (Wildman–Crippen LogP) is 2.58. The molecule has 0 saturated carbocycles. The molecule has 21 heavy (non-hydrogen) atoms. The first-order valence-electron chi connectivity index (χ1n) is 6.93. The van der Waals surface area contributed by atoms with Crippen molar-refractivity contribution in [1.82, 2.24) is 20.1 Å². The number of amides is 1. The van der Waals surface area contributed by atoms with Crippen LogP contribution < -0.4 is 5.32 Å². The Morgan fingerprint density at radius 3 is 2.67 bits per heavy atom. The molecule has 0 bridgehead atoms. The Hall–Kier alpha value is -1.82. The Kier molecular flexibility index (Phi) is 5.38. The van der Waals surface area contributed by atoms with Gasteiger partial charge in [0, 0.05) is 12.6 Å². The van der Waals surface area contributed by atoms with Crippen LogP contribution in [0.4, 0.5) is 0 Å². The Labute approximate surface area is 129 Å². The van der Waals surface area contributed by atoms with Gasteiger partial charge in [0.05, 0.1) is 5.75 Å². The molecule has 0 spiro atoms. The molecule has 1 heterocycles. The summed E-state index contributed by atoms with van der Waals surface area (Å²) in [6, 6.07) is 10.2. The molecule has 0 unspecified atom stereocenters. The number of carbonyl (C=O) groups excluding carboxylic acids is 1. The summed E-state index contributed by atoms with van der Waals surface area (Å²) < 4.78 is 2.04. The number of aryl methyl sites for hydroxylation is 1. The molecule has 1 amide bonds. The molecular weight excluding hydrogens is 284 g/mol. The van der Waals surface area contributed by atoms with Crippen molar-refractivity contribution in [1.29, 1.82) is 0 Å². The molecule has 0 aliphatic heterocycles. The maximum Gasteiger partial charge on any atom is 0.230 e. The number of nitrogens with zero attached hydrogens (tertiary/aromatic N) is 3. The molecule has 1 N–H and O–H groups in total. The van der Waals surface area contributed by atoms with Crippen LogP contribution in [0, 0.1) is 6.92 Å². The second kappa shape index (κ2) is 7.26. The first-order chi connectivity index (χ1) is 10.1. The molecular formula is C15H20N4OS. The first-order valence-corrected chi connectivity index (χ1v) is 7.91. The third-order valence-corrected chi connectivity index (χ3v) is 3.96. The Morgan fingerprint density at radius 2 is 2.00 bits per heavy atom. The summed E-state index contributed by atoms with van der Waals surface area (Å²) in [6.07, 6.45) is 0. The van der Waals surface area contributed by atoms with E-state index in [0.29, 0.717) is 12.3 Å². The summed E-state index contributed by atoms with van der Waals surface area (Å²) in [5, 5.41) is 11.9. The van der Waals surface area contributed by atoms with Crippen molar-refractivity contribution < 1.29 is 4.79 Å². The zero-order valence-corrected chi connectivity index (χ0v) is 13.4. The fraction of sp³-hybridized carbons (Fsp3) is 0.400. The monoisotopic (exact) mass is 304 g/mol. The molecule has 0 fully saturated rings. The number of hydrogen-bond acceptors (Lipinski definition) is 4. The molecule has 112 valence electrons. The van der Waals surface area contributed by atoms with E-state index in [9.17, 15) is 4.79 Å². The summed E-state index contributed by atoms with van der Waals surface area (Å²) in [5.74, 6) is 1.22. The van der Waals surface area contributed by atoms with Gasteiger partial charge in [-0.15, -0.1) is 10.2 Å². The quantitative estimate of drug-likeness (QED) is 0.833. The molecule has 2 rings (SSSR count). The number of nitrogens with one attached hydrogen (secondary N) is 1. The normalized spacial score (nSPS) is 10.9. The van der Waals surface area contributed by atoms with E-state index in [2.05, 4.69) is 29.4 Å². The maximum absolute atomic E-state index is 11.9. The molecule has 0 radical (unpaired) electrons. The summed E-state index contributed by atoms with van der Waals surface area (Å²) in [7, 11) is 0. The fourth-order valence-electron chi connectivity index (χ4n) is 2.02. The molecule has 0 atom stereocenters. The lowest BCUT2D eigenvalue weighted by atomic mass is 10.2. The van der Waals surface area contributed by atoms with Crippen molar-refractivity contribution >= 4 is 17.7 Å². The van der Waals surface area contributed by atoms with Crippen LogP contribution in [0.3, 0.4) is 0 Å². The van der Waals surface area contributed by atoms with Crippen molar-refractivity contribution in [2.45, 2.75) is 38.5 Å². The van der Waals surface area contributed by atoms with Gasteiger partial charge in [-0.25, -0.2) is 0 Å². The molecule has 0 aliphatic rings. The van der Waals surface area contributed by atoms with Gasteiger partial charge in [0.1, 0.15) is 5.82 Å². The zero-order valence-electron chi connectivity index (χ0n) is 12.5. The minimum atomic E-state index is -0.000174. The molecule has 0 saturated heterocycles. The lowest BCUT2D eigenvalue weighted by Gasteiger charge is -2.11.